The highest BCUT2D eigenvalue weighted by Gasteiger charge is 2.10. The number of hydrogen-bond acceptors (Lipinski definition) is 4. The fourth-order valence-corrected chi connectivity index (χ4v) is 2.07. The van der Waals surface area contributed by atoms with E-state index in [-0.39, 0.29) is 5.91 Å². The normalized spacial score (nSPS) is 10.5. The summed E-state index contributed by atoms with van der Waals surface area (Å²) in [5.41, 5.74) is 1.85. The van der Waals surface area contributed by atoms with Crippen LogP contribution in [0.4, 0.5) is 4.79 Å². The summed E-state index contributed by atoms with van der Waals surface area (Å²) in [6.45, 7) is 3.55. The zero-order valence-electron chi connectivity index (χ0n) is 14.4. The van der Waals surface area contributed by atoms with Gasteiger partial charge < -0.3 is 20.3 Å². The molecule has 2 amide bonds. The number of ether oxygens (including phenoxy) is 1. The van der Waals surface area contributed by atoms with Crippen molar-refractivity contribution in [3.05, 3.63) is 29.3 Å². The fourth-order valence-electron chi connectivity index (χ4n) is 2.07. The number of benzene rings is 1. The molecule has 2 N–H and O–H groups in total. The Morgan fingerprint density at radius 1 is 1.26 bits per heavy atom. The third kappa shape index (κ3) is 7.65. The highest BCUT2D eigenvalue weighted by Crippen LogP contribution is 2.22. The SMILES string of the molecule is CNC(=O)Oc1cc(C)ccc1CCC(=O)NCCCN(C)C. The molecule has 1 aromatic rings. The molecule has 0 atom stereocenters. The van der Waals surface area contributed by atoms with Crippen molar-refractivity contribution in [2.24, 2.45) is 0 Å². The van der Waals surface area contributed by atoms with E-state index in [2.05, 4.69) is 15.5 Å². The van der Waals surface area contributed by atoms with Crippen LogP contribution in [0.1, 0.15) is 24.0 Å². The molecule has 0 aliphatic rings. The molecule has 1 aromatic carbocycles. The van der Waals surface area contributed by atoms with E-state index < -0.39 is 6.09 Å². The van der Waals surface area contributed by atoms with Gasteiger partial charge in [-0.25, -0.2) is 4.79 Å². The second kappa shape index (κ2) is 9.84. The highest BCUT2D eigenvalue weighted by atomic mass is 16.6. The van der Waals surface area contributed by atoms with Gasteiger partial charge in [0.25, 0.3) is 0 Å². The van der Waals surface area contributed by atoms with Crippen molar-refractivity contribution in [2.75, 3.05) is 34.2 Å². The third-order valence-electron chi connectivity index (χ3n) is 3.36. The number of amides is 2. The van der Waals surface area contributed by atoms with Crippen LogP contribution >= 0.6 is 0 Å². The Morgan fingerprint density at radius 2 is 2.00 bits per heavy atom. The molecule has 0 saturated carbocycles. The van der Waals surface area contributed by atoms with Gasteiger partial charge in [-0.2, -0.15) is 0 Å². The quantitative estimate of drug-likeness (QED) is 0.715. The second-order valence-electron chi connectivity index (χ2n) is 5.76. The Bertz CT molecular complexity index is 530. The molecule has 0 fully saturated rings. The van der Waals surface area contributed by atoms with Crippen LogP contribution < -0.4 is 15.4 Å². The zero-order valence-corrected chi connectivity index (χ0v) is 14.4. The van der Waals surface area contributed by atoms with E-state index in [1.54, 1.807) is 6.07 Å². The van der Waals surface area contributed by atoms with Crippen molar-refractivity contribution in [1.29, 1.82) is 0 Å². The lowest BCUT2D eigenvalue weighted by molar-refractivity contribution is -0.121. The van der Waals surface area contributed by atoms with E-state index in [0.29, 0.717) is 25.1 Å². The van der Waals surface area contributed by atoms with Crippen molar-refractivity contribution in [3.8, 4) is 5.75 Å². The van der Waals surface area contributed by atoms with Crippen LogP contribution in [0.5, 0.6) is 5.75 Å². The molecule has 0 aromatic heterocycles. The van der Waals surface area contributed by atoms with Crippen LogP contribution in [0.15, 0.2) is 18.2 Å². The summed E-state index contributed by atoms with van der Waals surface area (Å²) in [5, 5.41) is 5.33. The lowest BCUT2D eigenvalue weighted by Gasteiger charge is -2.12. The van der Waals surface area contributed by atoms with E-state index in [1.807, 2.05) is 33.2 Å². The molecule has 0 spiro atoms. The van der Waals surface area contributed by atoms with E-state index in [9.17, 15) is 9.59 Å². The first-order valence-corrected chi connectivity index (χ1v) is 7.83. The Balaban J connectivity index is 2.50. The van der Waals surface area contributed by atoms with Gasteiger partial charge in [0.1, 0.15) is 5.75 Å². The minimum atomic E-state index is -0.509. The van der Waals surface area contributed by atoms with Gasteiger partial charge in [0, 0.05) is 20.0 Å². The standard InChI is InChI=1S/C17H27N3O3/c1-13-6-7-14(15(12-13)23-17(22)18-2)8-9-16(21)19-10-5-11-20(3)4/h6-7,12H,5,8-11H2,1-4H3,(H,18,22)(H,19,21). The molecule has 1 rings (SSSR count). The number of hydrogen-bond donors (Lipinski definition) is 2. The smallest absolute Gasteiger partial charge is 0.410 e. The van der Waals surface area contributed by atoms with Gasteiger partial charge in [-0.3, -0.25) is 4.79 Å². The molecule has 128 valence electrons. The fraction of sp³-hybridized carbons (Fsp3) is 0.529. The molecule has 6 nitrogen and oxygen atoms in total. The van der Waals surface area contributed by atoms with E-state index in [0.717, 1.165) is 24.1 Å². The number of carbonyl (C=O) groups excluding carboxylic acids is 2. The van der Waals surface area contributed by atoms with Crippen molar-refractivity contribution < 1.29 is 14.3 Å². The maximum atomic E-state index is 11.9. The summed E-state index contributed by atoms with van der Waals surface area (Å²) in [6.07, 6.45) is 1.32. The molecule has 0 radical (unpaired) electrons. The average Bonchev–Trinajstić information content (AvgIpc) is 2.50. The summed E-state index contributed by atoms with van der Waals surface area (Å²) < 4.78 is 5.25. The van der Waals surface area contributed by atoms with E-state index >= 15 is 0 Å². The largest absolute Gasteiger partial charge is 0.412 e. The van der Waals surface area contributed by atoms with Crippen molar-refractivity contribution in [1.82, 2.24) is 15.5 Å². The summed E-state index contributed by atoms with van der Waals surface area (Å²) >= 11 is 0. The number of carbonyl (C=O) groups is 2. The van der Waals surface area contributed by atoms with Gasteiger partial charge in [0.05, 0.1) is 0 Å². The van der Waals surface area contributed by atoms with Crippen molar-refractivity contribution in [2.45, 2.75) is 26.2 Å². The second-order valence-corrected chi connectivity index (χ2v) is 5.76. The van der Waals surface area contributed by atoms with Crippen LogP contribution in [-0.2, 0) is 11.2 Å². The molecule has 0 heterocycles. The summed E-state index contributed by atoms with van der Waals surface area (Å²) in [7, 11) is 5.53. The predicted molar refractivity (Wildman–Crippen MR) is 90.8 cm³/mol. The molecule has 0 unspecified atom stereocenters. The van der Waals surface area contributed by atoms with Crippen LogP contribution in [0.2, 0.25) is 0 Å². The number of nitrogens with one attached hydrogen (secondary N) is 2. The Morgan fingerprint density at radius 3 is 2.65 bits per heavy atom. The van der Waals surface area contributed by atoms with Gasteiger partial charge in [0.15, 0.2) is 0 Å². The minimum Gasteiger partial charge on any atom is -0.410 e. The molecule has 0 saturated heterocycles. The van der Waals surface area contributed by atoms with Crippen LogP contribution in [0.25, 0.3) is 0 Å². The monoisotopic (exact) mass is 321 g/mol. The predicted octanol–water partition coefficient (Wildman–Crippen LogP) is 1.71. The summed E-state index contributed by atoms with van der Waals surface area (Å²) in [6, 6.07) is 5.65. The maximum absolute atomic E-state index is 11.9. The van der Waals surface area contributed by atoms with Gasteiger partial charge in [0.2, 0.25) is 5.91 Å². The van der Waals surface area contributed by atoms with E-state index in [4.69, 9.17) is 4.74 Å². The first-order valence-electron chi connectivity index (χ1n) is 7.83. The molecular formula is C17H27N3O3. The maximum Gasteiger partial charge on any atom is 0.412 e. The number of aryl methyl sites for hydroxylation is 2. The highest BCUT2D eigenvalue weighted by molar-refractivity contribution is 5.76. The van der Waals surface area contributed by atoms with Crippen LogP contribution in [0.3, 0.4) is 0 Å². The van der Waals surface area contributed by atoms with Crippen molar-refractivity contribution >= 4 is 12.0 Å². The number of rotatable bonds is 8. The molecule has 23 heavy (non-hydrogen) atoms. The molecule has 0 bridgehead atoms. The minimum absolute atomic E-state index is 0.00947. The first-order chi connectivity index (χ1) is 10.9. The van der Waals surface area contributed by atoms with E-state index in [1.165, 1.54) is 7.05 Å². The topological polar surface area (TPSA) is 70.7 Å². The zero-order chi connectivity index (χ0) is 17.2. The van der Waals surface area contributed by atoms with Gasteiger partial charge in [-0.15, -0.1) is 0 Å². The van der Waals surface area contributed by atoms with Gasteiger partial charge >= 0.3 is 6.09 Å². The Hall–Kier alpha value is -2.08. The molecular weight excluding hydrogens is 294 g/mol. The molecule has 6 heteroatoms. The van der Waals surface area contributed by atoms with Gasteiger partial charge in [-0.05, 0) is 57.6 Å². The number of nitrogens with zero attached hydrogens (tertiary/aromatic N) is 1. The molecule has 0 aliphatic carbocycles. The van der Waals surface area contributed by atoms with Gasteiger partial charge in [-0.1, -0.05) is 12.1 Å². The Labute approximate surface area is 138 Å². The lowest BCUT2D eigenvalue weighted by atomic mass is 10.1. The summed E-state index contributed by atoms with van der Waals surface area (Å²) in [5.74, 6) is 0.514. The molecule has 0 aliphatic heterocycles. The first kappa shape index (κ1) is 19.0. The average molecular weight is 321 g/mol. The summed E-state index contributed by atoms with van der Waals surface area (Å²) in [4.78, 5) is 25.4. The van der Waals surface area contributed by atoms with Crippen LogP contribution in [0, 0.1) is 6.92 Å². The third-order valence-corrected chi connectivity index (χ3v) is 3.36. The lowest BCUT2D eigenvalue weighted by Crippen LogP contribution is -2.27. The Kier molecular flexibility index (Phi) is 8.11. The van der Waals surface area contributed by atoms with Crippen LogP contribution in [-0.4, -0.2) is 51.1 Å². The van der Waals surface area contributed by atoms with Crippen molar-refractivity contribution in [3.63, 3.8) is 0 Å².